The zero-order chi connectivity index (χ0) is 16.7. The Morgan fingerprint density at radius 1 is 1.26 bits per heavy atom. The van der Waals surface area contributed by atoms with Gasteiger partial charge >= 0.3 is 0 Å². The Balaban J connectivity index is 2.08. The summed E-state index contributed by atoms with van der Waals surface area (Å²) in [6, 6.07) is 8.10. The number of carbonyl (C=O) groups excluding carboxylic acids is 1. The van der Waals surface area contributed by atoms with E-state index in [1.807, 2.05) is 24.3 Å². The van der Waals surface area contributed by atoms with E-state index in [0.29, 0.717) is 6.54 Å². The Kier molecular flexibility index (Phi) is 6.83. The average molecular weight is 322 g/mol. The number of rotatable bonds is 7. The normalized spacial score (nSPS) is 18.2. The second kappa shape index (κ2) is 8.86. The number of methoxy groups -OCH3 is 2. The van der Waals surface area contributed by atoms with E-state index in [4.69, 9.17) is 14.2 Å². The highest BCUT2D eigenvalue weighted by Gasteiger charge is 2.24. The average Bonchev–Trinajstić information content (AvgIpc) is 2.62. The second-order valence-corrected chi connectivity index (χ2v) is 5.56. The van der Waals surface area contributed by atoms with E-state index in [0.717, 1.165) is 37.6 Å². The SMILES string of the molecule is COc1ccc(C(CNC(=O)C(C)OC)N2CCOCC2)cc1. The first-order valence-electron chi connectivity index (χ1n) is 7.92. The monoisotopic (exact) mass is 322 g/mol. The third kappa shape index (κ3) is 4.92. The van der Waals surface area contributed by atoms with Gasteiger partial charge in [-0.15, -0.1) is 0 Å². The van der Waals surface area contributed by atoms with Gasteiger partial charge in [0.1, 0.15) is 11.9 Å². The maximum Gasteiger partial charge on any atom is 0.248 e. The topological polar surface area (TPSA) is 60.0 Å². The van der Waals surface area contributed by atoms with Gasteiger partial charge in [-0.25, -0.2) is 0 Å². The smallest absolute Gasteiger partial charge is 0.248 e. The highest BCUT2D eigenvalue weighted by atomic mass is 16.5. The van der Waals surface area contributed by atoms with Crippen molar-refractivity contribution in [2.75, 3.05) is 47.1 Å². The van der Waals surface area contributed by atoms with E-state index in [9.17, 15) is 4.79 Å². The van der Waals surface area contributed by atoms with Crippen molar-refractivity contribution in [2.45, 2.75) is 19.1 Å². The predicted molar refractivity (Wildman–Crippen MR) is 87.6 cm³/mol. The number of nitrogens with one attached hydrogen (secondary N) is 1. The van der Waals surface area contributed by atoms with Crippen LogP contribution in [0.1, 0.15) is 18.5 Å². The van der Waals surface area contributed by atoms with E-state index >= 15 is 0 Å². The van der Waals surface area contributed by atoms with Gasteiger partial charge in [-0.3, -0.25) is 9.69 Å². The molecule has 1 aromatic rings. The fourth-order valence-electron chi connectivity index (χ4n) is 2.62. The Labute approximate surface area is 137 Å². The molecule has 0 aromatic heterocycles. The molecule has 0 radical (unpaired) electrons. The molecule has 6 nitrogen and oxygen atoms in total. The van der Waals surface area contributed by atoms with Gasteiger partial charge in [-0.1, -0.05) is 12.1 Å². The maximum atomic E-state index is 12.0. The van der Waals surface area contributed by atoms with Crippen molar-refractivity contribution in [1.82, 2.24) is 10.2 Å². The van der Waals surface area contributed by atoms with Crippen molar-refractivity contribution in [3.05, 3.63) is 29.8 Å². The van der Waals surface area contributed by atoms with Crippen LogP contribution < -0.4 is 10.1 Å². The Morgan fingerprint density at radius 2 is 1.91 bits per heavy atom. The molecule has 1 aliphatic heterocycles. The first kappa shape index (κ1) is 17.7. The van der Waals surface area contributed by atoms with Crippen LogP contribution in [0.5, 0.6) is 5.75 Å². The molecule has 0 spiro atoms. The zero-order valence-electron chi connectivity index (χ0n) is 14.1. The van der Waals surface area contributed by atoms with Gasteiger partial charge in [0.15, 0.2) is 0 Å². The van der Waals surface area contributed by atoms with Gasteiger partial charge in [0.05, 0.1) is 26.4 Å². The van der Waals surface area contributed by atoms with Crippen LogP contribution in [0, 0.1) is 0 Å². The van der Waals surface area contributed by atoms with E-state index in [-0.39, 0.29) is 11.9 Å². The Hall–Kier alpha value is -1.63. The summed E-state index contributed by atoms with van der Waals surface area (Å²) in [5.74, 6) is 0.728. The van der Waals surface area contributed by atoms with Crippen molar-refractivity contribution in [2.24, 2.45) is 0 Å². The van der Waals surface area contributed by atoms with Crippen molar-refractivity contribution >= 4 is 5.91 Å². The fourth-order valence-corrected chi connectivity index (χ4v) is 2.62. The number of carbonyl (C=O) groups is 1. The van der Waals surface area contributed by atoms with Crippen LogP contribution in [0.4, 0.5) is 0 Å². The molecule has 1 amide bonds. The molecule has 0 bridgehead atoms. The lowest BCUT2D eigenvalue weighted by Crippen LogP contribution is -2.45. The molecule has 1 aromatic carbocycles. The molecule has 1 fully saturated rings. The minimum atomic E-state index is -0.448. The van der Waals surface area contributed by atoms with Crippen LogP contribution in [0.3, 0.4) is 0 Å². The molecule has 0 saturated carbocycles. The predicted octanol–water partition coefficient (Wildman–Crippen LogP) is 1.22. The third-order valence-electron chi connectivity index (χ3n) is 4.18. The third-order valence-corrected chi connectivity index (χ3v) is 4.18. The van der Waals surface area contributed by atoms with E-state index in [1.165, 1.54) is 7.11 Å². The first-order chi connectivity index (χ1) is 11.2. The summed E-state index contributed by atoms with van der Waals surface area (Å²) in [6.07, 6.45) is -0.448. The summed E-state index contributed by atoms with van der Waals surface area (Å²) in [4.78, 5) is 14.3. The van der Waals surface area contributed by atoms with Crippen LogP contribution in [-0.4, -0.2) is 64.0 Å². The number of morpholine rings is 1. The maximum absolute atomic E-state index is 12.0. The molecule has 128 valence electrons. The first-order valence-corrected chi connectivity index (χ1v) is 7.92. The van der Waals surface area contributed by atoms with Crippen LogP contribution in [0.25, 0.3) is 0 Å². The number of hydrogen-bond acceptors (Lipinski definition) is 5. The van der Waals surface area contributed by atoms with Crippen molar-refractivity contribution < 1.29 is 19.0 Å². The molecule has 1 N–H and O–H groups in total. The molecule has 2 rings (SSSR count). The van der Waals surface area contributed by atoms with Gasteiger partial charge in [0.2, 0.25) is 5.91 Å². The minimum absolute atomic E-state index is 0.0979. The zero-order valence-corrected chi connectivity index (χ0v) is 14.1. The lowest BCUT2D eigenvalue weighted by molar-refractivity contribution is -0.130. The number of amides is 1. The summed E-state index contributed by atoms with van der Waals surface area (Å²) >= 11 is 0. The highest BCUT2D eigenvalue weighted by Crippen LogP contribution is 2.23. The lowest BCUT2D eigenvalue weighted by Gasteiger charge is -2.35. The number of ether oxygens (including phenoxy) is 3. The Morgan fingerprint density at radius 3 is 2.48 bits per heavy atom. The summed E-state index contributed by atoms with van der Waals surface area (Å²) in [5.41, 5.74) is 1.15. The van der Waals surface area contributed by atoms with Gasteiger partial charge in [0.25, 0.3) is 0 Å². The molecule has 23 heavy (non-hydrogen) atoms. The van der Waals surface area contributed by atoms with E-state index in [2.05, 4.69) is 10.2 Å². The summed E-state index contributed by atoms with van der Waals surface area (Å²) in [7, 11) is 3.19. The molecular weight excluding hydrogens is 296 g/mol. The highest BCUT2D eigenvalue weighted by molar-refractivity contribution is 5.80. The van der Waals surface area contributed by atoms with Crippen LogP contribution in [-0.2, 0) is 14.3 Å². The van der Waals surface area contributed by atoms with Gasteiger partial charge in [-0.05, 0) is 24.6 Å². The number of nitrogens with zero attached hydrogens (tertiary/aromatic N) is 1. The molecule has 6 heteroatoms. The summed E-state index contributed by atoms with van der Waals surface area (Å²) in [6.45, 7) is 5.42. The van der Waals surface area contributed by atoms with Crippen molar-refractivity contribution in [3.63, 3.8) is 0 Å². The Bertz CT molecular complexity index is 486. The van der Waals surface area contributed by atoms with E-state index in [1.54, 1.807) is 14.0 Å². The number of hydrogen-bond donors (Lipinski definition) is 1. The molecule has 2 atom stereocenters. The summed E-state index contributed by atoms with van der Waals surface area (Å²) < 4.78 is 15.7. The van der Waals surface area contributed by atoms with Gasteiger partial charge < -0.3 is 19.5 Å². The van der Waals surface area contributed by atoms with Gasteiger partial charge in [-0.2, -0.15) is 0 Å². The second-order valence-electron chi connectivity index (χ2n) is 5.56. The summed E-state index contributed by atoms with van der Waals surface area (Å²) in [5, 5.41) is 2.98. The molecule has 1 aliphatic rings. The molecule has 2 unspecified atom stereocenters. The lowest BCUT2D eigenvalue weighted by atomic mass is 10.0. The standard InChI is InChI=1S/C17H26N2O4/c1-13(21-2)17(20)18-12-16(19-8-10-23-11-9-19)14-4-6-15(22-3)7-5-14/h4-7,13,16H,8-12H2,1-3H3,(H,18,20). The fraction of sp³-hybridized carbons (Fsp3) is 0.588. The van der Waals surface area contributed by atoms with Crippen LogP contribution in [0.15, 0.2) is 24.3 Å². The van der Waals surface area contributed by atoms with E-state index < -0.39 is 6.10 Å². The van der Waals surface area contributed by atoms with Gasteiger partial charge in [0, 0.05) is 26.7 Å². The molecular formula is C17H26N2O4. The largest absolute Gasteiger partial charge is 0.497 e. The molecule has 0 aliphatic carbocycles. The number of benzene rings is 1. The molecule has 1 heterocycles. The van der Waals surface area contributed by atoms with Crippen LogP contribution >= 0.6 is 0 Å². The quantitative estimate of drug-likeness (QED) is 0.818. The van der Waals surface area contributed by atoms with Crippen LogP contribution in [0.2, 0.25) is 0 Å². The van der Waals surface area contributed by atoms with Crippen molar-refractivity contribution in [3.8, 4) is 5.75 Å². The molecule has 1 saturated heterocycles. The van der Waals surface area contributed by atoms with Crippen molar-refractivity contribution in [1.29, 1.82) is 0 Å². The minimum Gasteiger partial charge on any atom is -0.497 e.